The van der Waals surface area contributed by atoms with Crippen LogP contribution in [0, 0.1) is 5.82 Å². The number of amides is 4. The number of rotatable bonds is 6. The van der Waals surface area contributed by atoms with Crippen LogP contribution in [0.2, 0.25) is 0 Å². The standard InChI is InChI=1S/C32H35BrFN3O5/c1-31(2,3)42-28(39)16-20-6-11-25(12-7-20)36(18-21-4-9-24(34)10-5-21)27(38)19-37-29(40)32(35-30(37)41)15-14-22-17-23(33)8-13-26(22)32/h4-5,8-10,13,16-17,25H,6-7,11-12,14-15,18-19H2,1-3H3,(H,35,41)/t25?,32-/m0/s1. The van der Waals surface area contributed by atoms with Gasteiger partial charge in [-0.05, 0) is 100 Å². The van der Waals surface area contributed by atoms with E-state index >= 15 is 0 Å². The van der Waals surface area contributed by atoms with Gasteiger partial charge in [-0.2, -0.15) is 0 Å². The molecule has 3 aliphatic rings. The molecule has 10 heteroatoms. The summed E-state index contributed by atoms with van der Waals surface area (Å²) in [5.74, 6) is -1.54. The first kappa shape index (κ1) is 29.9. The summed E-state index contributed by atoms with van der Waals surface area (Å²) in [6.45, 7) is 5.27. The summed E-state index contributed by atoms with van der Waals surface area (Å²) in [5, 5.41) is 2.88. The van der Waals surface area contributed by atoms with Gasteiger partial charge in [0, 0.05) is 23.1 Å². The highest BCUT2D eigenvalue weighted by Crippen LogP contribution is 2.42. The number of imide groups is 1. The van der Waals surface area contributed by atoms with Crippen molar-refractivity contribution in [3.63, 3.8) is 0 Å². The number of esters is 1. The first-order chi connectivity index (χ1) is 19.8. The molecule has 2 aromatic rings. The van der Waals surface area contributed by atoms with E-state index in [0.717, 1.165) is 31.6 Å². The lowest BCUT2D eigenvalue weighted by atomic mass is 9.89. The van der Waals surface area contributed by atoms with Crippen molar-refractivity contribution >= 4 is 39.7 Å². The van der Waals surface area contributed by atoms with E-state index in [1.807, 2.05) is 39.0 Å². The van der Waals surface area contributed by atoms with E-state index in [-0.39, 0.29) is 30.3 Å². The average molecular weight is 641 g/mol. The van der Waals surface area contributed by atoms with Gasteiger partial charge in [0.25, 0.3) is 5.91 Å². The maximum atomic E-state index is 13.9. The van der Waals surface area contributed by atoms with Crippen molar-refractivity contribution < 1.29 is 28.3 Å². The fourth-order valence-electron chi connectivity index (χ4n) is 6.12. The van der Waals surface area contributed by atoms with E-state index in [4.69, 9.17) is 4.74 Å². The zero-order valence-electron chi connectivity index (χ0n) is 24.0. The third-order valence-corrected chi connectivity index (χ3v) is 8.61. The highest BCUT2D eigenvalue weighted by Gasteiger charge is 2.55. The molecule has 8 nitrogen and oxygen atoms in total. The number of benzene rings is 2. The normalized spacial score (nSPS) is 21.8. The predicted molar refractivity (Wildman–Crippen MR) is 158 cm³/mol. The Morgan fingerprint density at radius 1 is 1.12 bits per heavy atom. The number of hydrogen-bond acceptors (Lipinski definition) is 5. The second-order valence-electron chi connectivity index (χ2n) is 12.2. The molecule has 0 radical (unpaired) electrons. The van der Waals surface area contributed by atoms with Crippen molar-refractivity contribution in [1.29, 1.82) is 0 Å². The van der Waals surface area contributed by atoms with E-state index < -0.39 is 29.6 Å². The van der Waals surface area contributed by atoms with Crippen molar-refractivity contribution in [3.8, 4) is 0 Å². The molecule has 1 heterocycles. The number of halogens is 2. The Hall–Kier alpha value is -3.53. The molecule has 2 aliphatic carbocycles. The lowest BCUT2D eigenvalue weighted by molar-refractivity contribution is -0.148. The number of nitrogens with zero attached hydrogens (tertiary/aromatic N) is 2. The molecule has 1 aliphatic heterocycles. The van der Waals surface area contributed by atoms with Crippen LogP contribution >= 0.6 is 15.9 Å². The minimum atomic E-state index is -1.17. The molecule has 222 valence electrons. The van der Waals surface area contributed by atoms with Crippen LogP contribution in [0.25, 0.3) is 0 Å². The molecule has 1 saturated heterocycles. The summed E-state index contributed by atoms with van der Waals surface area (Å²) in [6, 6.07) is 10.8. The lowest BCUT2D eigenvalue weighted by Crippen LogP contribution is -2.48. The Balaban J connectivity index is 1.33. The number of carbonyl (C=O) groups excluding carboxylic acids is 4. The van der Waals surface area contributed by atoms with Gasteiger partial charge in [0.05, 0.1) is 0 Å². The molecule has 2 fully saturated rings. The molecular weight excluding hydrogens is 605 g/mol. The Morgan fingerprint density at radius 3 is 2.48 bits per heavy atom. The van der Waals surface area contributed by atoms with Crippen LogP contribution in [-0.2, 0) is 37.6 Å². The number of allylic oxidation sites excluding steroid dienone is 1. The van der Waals surface area contributed by atoms with Gasteiger partial charge in [-0.3, -0.25) is 14.5 Å². The lowest BCUT2D eigenvalue weighted by Gasteiger charge is -2.36. The Labute approximate surface area is 253 Å². The third kappa shape index (κ3) is 6.28. The maximum Gasteiger partial charge on any atom is 0.331 e. The number of fused-ring (bicyclic) bond motifs is 2. The van der Waals surface area contributed by atoms with Crippen LogP contribution in [0.5, 0.6) is 0 Å². The number of aryl methyl sites for hydroxylation is 1. The molecule has 1 saturated carbocycles. The predicted octanol–water partition coefficient (Wildman–Crippen LogP) is 5.52. The number of urea groups is 1. The SMILES string of the molecule is CC(C)(C)OC(=O)C=C1CCC(N(Cc2ccc(F)cc2)C(=O)CN2C(=O)N[C@]3(CCc4cc(Br)ccc43)C2=O)CC1. The van der Waals surface area contributed by atoms with E-state index in [0.29, 0.717) is 38.5 Å². The van der Waals surface area contributed by atoms with Crippen molar-refractivity contribution in [2.45, 2.75) is 83.0 Å². The third-order valence-electron chi connectivity index (χ3n) is 8.12. The van der Waals surface area contributed by atoms with Gasteiger partial charge < -0.3 is 15.0 Å². The van der Waals surface area contributed by atoms with Crippen LogP contribution in [0.4, 0.5) is 9.18 Å². The highest BCUT2D eigenvalue weighted by molar-refractivity contribution is 9.10. The summed E-state index contributed by atoms with van der Waals surface area (Å²) in [4.78, 5) is 55.7. The quantitative estimate of drug-likeness (QED) is 0.255. The molecule has 42 heavy (non-hydrogen) atoms. The Kier molecular flexibility index (Phi) is 8.29. The highest BCUT2D eigenvalue weighted by atomic mass is 79.9. The minimum Gasteiger partial charge on any atom is -0.457 e. The van der Waals surface area contributed by atoms with E-state index in [9.17, 15) is 23.6 Å². The van der Waals surface area contributed by atoms with Gasteiger partial charge in [0.1, 0.15) is 23.5 Å². The first-order valence-corrected chi connectivity index (χ1v) is 15.0. The molecule has 5 rings (SSSR count). The Morgan fingerprint density at radius 2 is 1.81 bits per heavy atom. The fraction of sp³-hybridized carbons (Fsp3) is 0.438. The Bertz CT molecular complexity index is 1440. The number of hydrogen-bond donors (Lipinski definition) is 1. The summed E-state index contributed by atoms with van der Waals surface area (Å²) < 4.78 is 19.9. The van der Waals surface area contributed by atoms with Gasteiger partial charge in [-0.15, -0.1) is 0 Å². The second-order valence-corrected chi connectivity index (χ2v) is 13.2. The van der Waals surface area contributed by atoms with Crippen LogP contribution in [-0.4, -0.2) is 51.8 Å². The van der Waals surface area contributed by atoms with Crippen LogP contribution in [0.1, 0.15) is 69.6 Å². The molecule has 1 spiro atoms. The fourth-order valence-corrected chi connectivity index (χ4v) is 6.53. The van der Waals surface area contributed by atoms with E-state index in [2.05, 4.69) is 21.2 Å². The molecule has 0 unspecified atom stereocenters. The molecule has 0 aromatic heterocycles. The van der Waals surface area contributed by atoms with Gasteiger partial charge in [0.2, 0.25) is 5.91 Å². The van der Waals surface area contributed by atoms with Crippen molar-refractivity contribution in [2.75, 3.05) is 6.54 Å². The number of carbonyl (C=O) groups is 4. The summed E-state index contributed by atoms with van der Waals surface area (Å²) in [6.07, 6.45) is 5.04. The number of ether oxygens (including phenoxy) is 1. The molecule has 1 atom stereocenters. The first-order valence-electron chi connectivity index (χ1n) is 14.2. The topological polar surface area (TPSA) is 96.0 Å². The van der Waals surface area contributed by atoms with Crippen molar-refractivity contribution in [3.05, 3.63) is 81.1 Å². The van der Waals surface area contributed by atoms with Gasteiger partial charge >= 0.3 is 12.0 Å². The summed E-state index contributed by atoms with van der Waals surface area (Å²) in [5.41, 5.74) is 1.70. The zero-order chi connectivity index (χ0) is 30.2. The van der Waals surface area contributed by atoms with E-state index in [1.54, 1.807) is 17.0 Å². The molecule has 0 bridgehead atoms. The molecular formula is C32H35BrFN3O5. The molecule has 2 aromatic carbocycles. The van der Waals surface area contributed by atoms with E-state index in [1.165, 1.54) is 18.2 Å². The zero-order valence-corrected chi connectivity index (χ0v) is 25.6. The largest absolute Gasteiger partial charge is 0.457 e. The smallest absolute Gasteiger partial charge is 0.331 e. The van der Waals surface area contributed by atoms with Gasteiger partial charge in [-0.1, -0.05) is 39.7 Å². The summed E-state index contributed by atoms with van der Waals surface area (Å²) in [7, 11) is 0. The van der Waals surface area contributed by atoms with Crippen molar-refractivity contribution in [2.24, 2.45) is 0 Å². The summed E-state index contributed by atoms with van der Waals surface area (Å²) >= 11 is 3.46. The number of nitrogens with one attached hydrogen (secondary N) is 1. The maximum absolute atomic E-state index is 13.9. The molecule has 1 N–H and O–H groups in total. The van der Waals surface area contributed by atoms with Crippen LogP contribution in [0.15, 0.2) is 58.6 Å². The van der Waals surface area contributed by atoms with Crippen LogP contribution in [0.3, 0.4) is 0 Å². The van der Waals surface area contributed by atoms with Crippen molar-refractivity contribution in [1.82, 2.24) is 15.1 Å². The average Bonchev–Trinajstić information content (AvgIpc) is 3.39. The van der Waals surface area contributed by atoms with Gasteiger partial charge in [-0.25, -0.2) is 14.0 Å². The molecule has 4 amide bonds. The van der Waals surface area contributed by atoms with Crippen LogP contribution < -0.4 is 5.32 Å². The van der Waals surface area contributed by atoms with Gasteiger partial charge in [0.15, 0.2) is 0 Å². The monoisotopic (exact) mass is 639 g/mol. The second kappa shape index (κ2) is 11.6. The minimum absolute atomic E-state index is 0.183.